The lowest BCUT2D eigenvalue weighted by Gasteiger charge is -2.35. The van der Waals surface area contributed by atoms with Crippen LogP contribution in [0.3, 0.4) is 0 Å². The number of methoxy groups -OCH3 is 1. The van der Waals surface area contributed by atoms with Gasteiger partial charge in [-0.3, -0.25) is 0 Å². The van der Waals surface area contributed by atoms with E-state index in [0.717, 1.165) is 0 Å². The molecule has 1 N–H and O–H groups in total. The van der Waals surface area contributed by atoms with Gasteiger partial charge in [0.2, 0.25) is 0 Å². The predicted octanol–water partition coefficient (Wildman–Crippen LogP) is 3.66. The zero-order valence-electron chi connectivity index (χ0n) is 12.0. The first-order valence-electron chi connectivity index (χ1n) is 6.34. The molecule has 0 aromatic heterocycles. The largest absolute Gasteiger partial charge is 0.573 e. The van der Waals surface area contributed by atoms with Crippen molar-refractivity contribution in [2.75, 3.05) is 13.7 Å². The van der Waals surface area contributed by atoms with Crippen molar-refractivity contribution in [3.63, 3.8) is 0 Å². The Balaban J connectivity index is 3.20. The van der Waals surface area contributed by atoms with Gasteiger partial charge < -0.3 is 14.8 Å². The van der Waals surface area contributed by atoms with Crippen LogP contribution in [0.15, 0.2) is 24.3 Å². The van der Waals surface area contributed by atoms with Crippen molar-refractivity contribution in [1.29, 1.82) is 0 Å². The highest BCUT2D eigenvalue weighted by molar-refractivity contribution is 5.37. The Morgan fingerprint density at radius 1 is 1.20 bits per heavy atom. The van der Waals surface area contributed by atoms with Crippen molar-refractivity contribution in [2.45, 2.75) is 38.8 Å². The minimum atomic E-state index is -4.72. The molecule has 1 rings (SSSR count). The fraction of sp³-hybridized carbons (Fsp3) is 0.571. The molecule has 0 saturated carbocycles. The molecule has 1 aromatic rings. The first kappa shape index (κ1) is 16.8. The Morgan fingerprint density at radius 3 is 2.30 bits per heavy atom. The van der Waals surface area contributed by atoms with E-state index >= 15 is 0 Å². The van der Waals surface area contributed by atoms with Crippen LogP contribution in [-0.4, -0.2) is 25.6 Å². The van der Waals surface area contributed by atoms with Crippen LogP contribution in [-0.2, 0) is 4.74 Å². The molecular formula is C14H20F3NO2. The maximum atomic E-state index is 12.5. The summed E-state index contributed by atoms with van der Waals surface area (Å²) in [6, 6.07) is 5.67. The third-order valence-electron chi connectivity index (χ3n) is 3.09. The minimum Gasteiger partial charge on any atom is -0.405 e. The van der Waals surface area contributed by atoms with Gasteiger partial charge in [-0.2, -0.15) is 0 Å². The Bertz CT molecular complexity index is 433. The Morgan fingerprint density at radius 2 is 1.80 bits per heavy atom. The number of likely N-dealkylation sites (N-methyl/N-ethyl adjacent to an activating group) is 1. The van der Waals surface area contributed by atoms with E-state index in [2.05, 4.69) is 10.1 Å². The van der Waals surface area contributed by atoms with Crippen molar-refractivity contribution < 1.29 is 22.6 Å². The lowest BCUT2D eigenvalue weighted by Crippen LogP contribution is -2.41. The molecule has 1 atom stereocenters. The van der Waals surface area contributed by atoms with Crippen LogP contribution in [0.2, 0.25) is 0 Å². The molecule has 6 heteroatoms. The summed E-state index contributed by atoms with van der Waals surface area (Å²) < 4.78 is 46.9. The molecule has 0 amide bonds. The zero-order chi connectivity index (χ0) is 15.4. The van der Waals surface area contributed by atoms with E-state index in [-0.39, 0.29) is 5.75 Å². The summed E-state index contributed by atoms with van der Waals surface area (Å²) in [5.41, 5.74) is -0.264. The first-order chi connectivity index (χ1) is 9.21. The molecule has 0 aliphatic rings. The first-order valence-corrected chi connectivity index (χ1v) is 6.34. The van der Waals surface area contributed by atoms with Crippen molar-refractivity contribution in [3.8, 4) is 5.75 Å². The quantitative estimate of drug-likeness (QED) is 0.867. The lowest BCUT2D eigenvalue weighted by atomic mass is 9.91. The SMILES string of the molecule is CCNC(c1ccccc1OC(F)(F)F)C(C)(C)OC. The van der Waals surface area contributed by atoms with Gasteiger partial charge in [-0.1, -0.05) is 25.1 Å². The molecule has 3 nitrogen and oxygen atoms in total. The Labute approximate surface area is 117 Å². The molecule has 1 unspecified atom stereocenters. The lowest BCUT2D eigenvalue weighted by molar-refractivity contribution is -0.275. The predicted molar refractivity (Wildman–Crippen MR) is 70.6 cm³/mol. The van der Waals surface area contributed by atoms with Gasteiger partial charge in [0.1, 0.15) is 5.75 Å². The molecule has 0 heterocycles. The van der Waals surface area contributed by atoms with Crippen LogP contribution in [0.1, 0.15) is 32.4 Å². The van der Waals surface area contributed by atoms with Gasteiger partial charge >= 0.3 is 6.36 Å². The van der Waals surface area contributed by atoms with Crippen LogP contribution in [0.25, 0.3) is 0 Å². The van der Waals surface area contributed by atoms with Gasteiger partial charge in [-0.05, 0) is 26.5 Å². The molecular weight excluding hydrogens is 271 g/mol. The second-order valence-corrected chi connectivity index (χ2v) is 4.88. The molecule has 1 aromatic carbocycles. The van der Waals surface area contributed by atoms with E-state index < -0.39 is 18.0 Å². The normalized spacial score (nSPS) is 14.2. The number of benzene rings is 1. The fourth-order valence-electron chi connectivity index (χ4n) is 1.99. The zero-order valence-corrected chi connectivity index (χ0v) is 12.0. The summed E-state index contributed by atoms with van der Waals surface area (Å²) in [5, 5.41) is 3.14. The molecule has 0 spiro atoms. The van der Waals surface area contributed by atoms with Crippen LogP contribution in [0, 0.1) is 0 Å². The number of hydrogen-bond donors (Lipinski definition) is 1. The number of halogens is 3. The Kier molecular flexibility index (Phi) is 5.42. The highest BCUT2D eigenvalue weighted by Gasteiger charge is 2.36. The van der Waals surface area contributed by atoms with E-state index in [9.17, 15) is 13.2 Å². The van der Waals surface area contributed by atoms with Gasteiger partial charge in [0, 0.05) is 12.7 Å². The van der Waals surface area contributed by atoms with Gasteiger partial charge in [0.15, 0.2) is 0 Å². The molecule has 0 aliphatic carbocycles. The summed E-state index contributed by atoms with van der Waals surface area (Å²) in [6.07, 6.45) is -4.72. The number of para-hydroxylation sites is 1. The van der Waals surface area contributed by atoms with Crippen molar-refractivity contribution in [1.82, 2.24) is 5.32 Å². The van der Waals surface area contributed by atoms with E-state index in [1.54, 1.807) is 12.1 Å². The summed E-state index contributed by atoms with van der Waals surface area (Å²) in [6.45, 7) is 6.10. The summed E-state index contributed by atoms with van der Waals surface area (Å²) in [4.78, 5) is 0. The topological polar surface area (TPSA) is 30.5 Å². The average Bonchev–Trinajstić information content (AvgIpc) is 2.35. The van der Waals surface area contributed by atoms with Gasteiger partial charge in [-0.25, -0.2) is 0 Å². The minimum absolute atomic E-state index is 0.212. The summed E-state index contributed by atoms with van der Waals surface area (Å²) in [7, 11) is 1.53. The van der Waals surface area contributed by atoms with Crippen molar-refractivity contribution in [3.05, 3.63) is 29.8 Å². The van der Waals surface area contributed by atoms with Crippen molar-refractivity contribution in [2.24, 2.45) is 0 Å². The molecule has 0 fully saturated rings. The Hall–Kier alpha value is -1.27. The highest BCUT2D eigenvalue weighted by Crippen LogP contribution is 2.36. The maximum Gasteiger partial charge on any atom is 0.573 e. The summed E-state index contributed by atoms with van der Waals surface area (Å²) >= 11 is 0. The molecule has 114 valence electrons. The van der Waals surface area contributed by atoms with E-state index in [4.69, 9.17) is 4.74 Å². The maximum absolute atomic E-state index is 12.5. The number of nitrogens with one attached hydrogen (secondary N) is 1. The standard InChI is InChI=1S/C14H20F3NO2/c1-5-18-12(13(2,3)19-4)10-8-6-7-9-11(10)20-14(15,16)17/h6-9,12,18H,5H2,1-4H3. The number of hydrogen-bond acceptors (Lipinski definition) is 3. The molecule has 20 heavy (non-hydrogen) atoms. The third kappa shape index (κ3) is 4.38. The van der Waals surface area contributed by atoms with Crippen LogP contribution in [0.5, 0.6) is 5.75 Å². The van der Waals surface area contributed by atoms with E-state index in [0.29, 0.717) is 12.1 Å². The number of alkyl halides is 3. The molecule has 0 saturated heterocycles. The molecule has 0 radical (unpaired) electrons. The molecule has 0 bridgehead atoms. The second kappa shape index (κ2) is 6.45. The number of ether oxygens (including phenoxy) is 2. The summed E-state index contributed by atoms with van der Waals surface area (Å²) in [5.74, 6) is -0.212. The smallest absolute Gasteiger partial charge is 0.405 e. The number of rotatable bonds is 6. The second-order valence-electron chi connectivity index (χ2n) is 4.88. The van der Waals surface area contributed by atoms with Gasteiger partial charge in [0.05, 0.1) is 11.6 Å². The van der Waals surface area contributed by atoms with Crippen LogP contribution >= 0.6 is 0 Å². The van der Waals surface area contributed by atoms with Gasteiger partial charge in [-0.15, -0.1) is 13.2 Å². The molecule has 0 aliphatic heterocycles. The van der Waals surface area contributed by atoms with Gasteiger partial charge in [0.25, 0.3) is 0 Å². The fourth-order valence-corrected chi connectivity index (χ4v) is 1.99. The monoisotopic (exact) mass is 291 g/mol. The third-order valence-corrected chi connectivity index (χ3v) is 3.09. The van der Waals surface area contributed by atoms with Crippen LogP contribution < -0.4 is 10.1 Å². The van der Waals surface area contributed by atoms with E-state index in [1.165, 1.54) is 19.2 Å². The average molecular weight is 291 g/mol. The highest BCUT2D eigenvalue weighted by atomic mass is 19.4. The van der Waals surface area contributed by atoms with Crippen molar-refractivity contribution >= 4 is 0 Å². The van der Waals surface area contributed by atoms with Crippen LogP contribution in [0.4, 0.5) is 13.2 Å². The van der Waals surface area contributed by atoms with E-state index in [1.807, 2.05) is 20.8 Å².